The number of hydrogen-bond donors (Lipinski definition) is 2. The Morgan fingerprint density at radius 2 is 1.84 bits per heavy atom. The quantitative estimate of drug-likeness (QED) is 0.825. The van der Waals surface area contributed by atoms with E-state index >= 15 is 0 Å². The number of rotatable bonds is 6. The van der Waals surface area contributed by atoms with E-state index in [4.69, 9.17) is 0 Å². The van der Waals surface area contributed by atoms with E-state index in [0.717, 1.165) is 18.5 Å². The van der Waals surface area contributed by atoms with Crippen LogP contribution in [0.3, 0.4) is 0 Å². The molecule has 1 aromatic rings. The van der Waals surface area contributed by atoms with Crippen LogP contribution in [0.1, 0.15) is 44.7 Å². The van der Waals surface area contributed by atoms with Crippen molar-refractivity contribution in [1.29, 1.82) is 0 Å². The Balaban J connectivity index is 2.63. The molecule has 19 heavy (non-hydrogen) atoms. The first-order valence-electron chi connectivity index (χ1n) is 7.12. The van der Waals surface area contributed by atoms with E-state index in [2.05, 4.69) is 50.5 Å². The molecule has 1 aromatic carbocycles. The summed E-state index contributed by atoms with van der Waals surface area (Å²) >= 11 is 0. The van der Waals surface area contributed by atoms with Crippen molar-refractivity contribution in [2.24, 2.45) is 0 Å². The van der Waals surface area contributed by atoms with Gasteiger partial charge in [0.25, 0.3) is 0 Å². The van der Waals surface area contributed by atoms with Crippen LogP contribution in [-0.4, -0.2) is 18.0 Å². The molecule has 3 heteroatoms. The van der Waals surface area contributed by atoms with Crippen molar-refractivity contribution < 1.29 is 4.79 Å². The minimum atomic E-state index is -0.220. The minimum Gasteiger partial charge on any atom is -0.374 e. The highest BCUT2D eigenvalue weighted by molar-refractivity contribution is 5.84. The second-order valence-electron chi connectivity index (χ2n) is 5.21. The Morgan fingerprint density at radius 1 is 1.21 bits per heavy atom. The van der Waals surface area contributed by atoms with Gasteiger partial charge in [-0.25, -0.2) is 0 Å². The third-order valence-corrected chi connectivity index (χ3v) is 3.48. The maximum atomic E-state index is 12.1. The summed E-state index contributed by atoms with van der Waals surface area (Å²) in [5.74, 6) is 0.0636. The molecule has 3 nitrogen and oxygen atoms in total. The molecule has 0 heterocycles. The van der Waals surface area contributed by atoms with Crippen molar-refractivity contribution in [3.8, 4) is 0 Å². The molecule has 0 aliphatic heterocycles. The monoisotopic (exact) mass is 262 g/mol. The predicted octanol–water partition coefficient (Wildman–Crippen LogP) is 3.41. The Bertz CT molecular complexity index is 425. The zero-order valence-corrected chi connectivity index (χ0v) is 12.7. The largest absolute Gasteiger partial charge is 0.374 e. The summed E-state index contributed by atoms with van der Waals surface area (Å²) in [5, 5.41) is 6.34. The summed E-state index contributed by atoms with van der Waals surface area (Å²) in [4.78, 5) is 12.1. The van der Waals surface area contributed by atoms with Gasteiger partial charge in [0.1, 0.15) is 6.04 Å². The lowest BCUT2D eigenvalue weighted by Gasteiger charge is -2.21. The SMILES string of the molecule is CCC(CC)NC(=O)C(C)Nc1ccc(C)cc1C. The van der Waals surface area contributed by atoms with Crippen LogP contribution >= 0.6 is 0 Å². The molecule has 0 spiro atoms. The predicted molar refractivity (Wildman–Crippen MR) is 81.5 cm³/mol. The highest BCUT2D eigenvalue weighted by Crippen LogP contribution is 2.17. The summed E-state index contributed by atoms with van der Waals surface area (Å²) in [6.07, 6.45) is 1.94. The van der Waals surface area contributed by atoms with Gasteiger partial charge in [-0.1, -0.05) is 31.5 Å². The van der Waals surface area contributed by atoms with Gasteiger partial charge >= 0.3 is 0 Å². The normalized spacial score (nSPS) is 12.3. The molecule has 2 N–H and O–H groups in total. The average molecular weight is 262 g/mol. The van der Waals surface area contributed by atoms with Gasteiger partial charge in [-0.05, 0) is 45.2 Å². The molecule has 0 radical (unpaired) electrons. The van der Waals surface area contributed by atoms with Gasteiger partial charge in [-0.15, -0.1) is 0 Å². The van der Waals surface area contributed by atoms with Gasteiger partial charge in [0.2, 0.25) is 5.91 Å². The summed E-state index contributed by atoms with van der Waals surface area (Å²) in [7, 11) is 0. The van der Waals surface area contributed by atoms with E-state index < -0.39 is 0 Å². The summed E-state index contributed by atoms with van der Waals surface area (Å²) in [5.41, 5.74) is 3.43. The fourth-order valence-corrected chi connectivity index (χ4v) is 2.09. The van der Waals surface area contributed by atoms with Gasteiger partial charge in [-0.2, -0.15) is 0 Å². The standard InChI is InChI=1S/C16H26N2O/c1-6-14(7-2)18-16(19)13(5)17-15-9-8-11(3)10-12(15)4/h8-10,13-14,17H,6-7H2,1-5H3,(H,18,19). The van der Waals surface area contributed by atoms with Gasteiger partial charge in [-0.3, -0.25) is 4.79 Å². The van der Waals surface area contributed by atoms with Gasteiger partial charge in [0, 0.05) is 11.7 Å². The summed E-state index contributed by atoms with van der Waals surface area (Å²) in [6, 6.07) is 6.26. The molecule has 0 fully saturated rings. The maximum Gasteiger partial charge on any atom is 0.242 e. The van der Waals surface area contributed by atoms with E-state index in [1.54, 1.807) is 0 Å². The molecule has 1 atom stereocenters. The zero-order chi connectivity index (χ0) is 14.4. The molecule has 0 aliphatic rings. The number of aryl methyl sites for hydroxylation is 2. The van der Waals surface area contributed by atoms with Crippen LogP contribution in [0.4, 0.5) is 5.69 Å². The molecule has 0 saturated carbocycles. The second-order valence-corrected chi connectivity index (χ2v) is 5.21. The van der Waals surface area contributed by atoms with Gasteiger partial charge < -0.3 is 10.6 Å². The fourth-order valence-electron chi connectivity index (χ4n) is 2.09. The lowest BCUT2D eigenvalue weighted by Crippen LogP contribution is -2.42. The van der Waals surface area contributed by atoms with Crippen LogP contribution in [0.2, 0.25) is 0 Å². The van der Waals surface area contributed by atoms with Crippen molar-refractivity contribution in [2.75, 3.05) is 5.32 Å². The van der Waals surface area contributed by atoms with E-state index in [1.165, 1.54) is 11.1 Å². The van der Waals surface area contributed by atoms with Crippen molar-refractivity contribution >= 4 is 11.6 Å². The third kappa shape index (κ3) is 4.58. The average Bonchev–Trinajstić information content (AvgIpc) is 2.38. The molecule has 1 rings (SSSR count). The first-order chi connectivity index (χ1) is 8.97. The highest BCUT2D eigenvalue weighted by atomic mass is 16.2. The minimum absolute atomic E-state index is 0.0636. The van der Waals surface area contributed by atoms with E-state index in [1.807, 2.05) is 13.0 Å². The molecule has 0 saturated heterocycles. The molecule has 0 bridgehead atoms. The number of anilines is 1. The van der Waals surface area contributed by atoms with Crippen molar-refractivity contribution in [3.05, 3.63) is 29.3 Å². The molecular weight excluding hydrogens is 236 g/mol. The van der Waals surface area contributed by atoms with Crippen LogP contribution in [-0.2, 0) is 4.79 Å². The van der Waals surface area contributed by atoms with Crippen LogP contribution in [0.15, 0.2) is 18.2 Å². The number of benzene rings is 1. The second kappa shape index (κ2) is 7.17. The van der Waals surface area contributed by atoms with Gasteiger partial charge in [0.05, 0.1) is 0 Å². The number of carbonyl (C=O) groups excluding carboxylic acids is 1. The van der Waals surface area contributed by atoms with Crippen molar-refractivity contribution in [3.63, 3.8) is 0 Å². The number of carbonyl (C=O) groups is 1. The van der Waals surface area contributed by atoms with Gasteiger partial charge in [0.15, 0.2) is 0 Å². The lowest BCUT2D eigenvalue weighted by molar-refractivity contribution is -0.122. The van der Waals surface area contributed by atoms with Crippen molar-refractivity contribution in [1.82, 2.24) is 5.32 Å². The Hall–Kier alpha value is -1.51. The van der Waals surface area contributed by atoms with Crippen molar-refractivity contribution in [2.45, 2.75) is 59.5 Å². The Labute approximate surface area is 116 Å². The first-order valence-corrected chi connectivity index (χ1v) is 7.12. The molecule has 1 unspecified atom stereocenters. The maximum absolute atomic E-state index is 12.1. The number of nitrogens with one attached hydrogen (secondary N) is 2. The molecule has 1 amide bonds. The summed E-state index contributed by atoms with van der Waals surface area (Å²) in [6.45, 7) is 10.2. The molecule has 106 valence electrons. The third-order valence-electron chi connectivity index (χ3n) is 3.48. The zero-order valence-electron chi connectivity index (χ0n) is 12.7. The first kappa shape index (κ1) is 15.5. The molecule has 0 aromatic heterocycles. The molecule has 0 aliphatic carbocycles. The highest BCUT2D eigenvalue weighted by Gasteiger charge is 2.16. The molecular formula is C16H26N2O. The van der Waals surface area contributed by atoms with Crippen LogP contribution in [0, 0.1) is 13.8 Å². The van der Waals surface area contributed by atoms with E-state index in [-0.39, 0.29) is 18.0 Å². The Morgan fingerprint density at radius 3 is 2.37 bits per heavy atom. The van der Waals surface area contributed by atoms with E-state index in [9.17, 15) is 4.79 Å². The number of hydrogen-bond acceptors (Lipinski definition) is 2. The lowest BCUT2D eigenvalue weighted by atomic mass is 10.1. The number of amides is 1. The van der Waals surface area contributed by atoms with E-state index in [0.29, 0.717) is 0 Å². The smallest absolute Gasteiger partial charge is 0.242 e. The van der Waals surface area contributed by atoms with Crippen LogP contribution in [0.25, 0.3) is 0 Å². The van der Waals surface area contributed by atoms with Crippen LogP contribution in [0.5, 0.6) is 0 Å². The fraction of sp³-hybridized carbons (Fsp3) is 0.562. The van der Waals surface area contributed by atoms with Crippen LogP contribution < -0.4 is 10.6 Å². The topological polar surface area (TPSA) is 41.1 Å². The summed E-state index contributed by atoms with van der Waals surface area (Å²) < 4.78 is 0. The Kier molecular flexibility index (Phi) is 5.87.